The number of thioether (sulfide) groups is 1. The molecule has 44 heavy (non-hydrogen) atoms. The summed E-state index contributed by atoms with van der Waals surface area (Å²) in [5.41, 5.74) is 5.58. The molecule has 2 unspecified atom stereocenters. The van der Waals surface area contributed by atoms with Crippen LogP contribution < -0.4 is 5.56 Å². The van der Waals surface area contributed by atoms with E-state index in [-0.39, 0.29) is 23.3 Å². The molecule has 224 valence electrons. The number of nitrogens with zero attached hydrogens (tertiary/aromatic N) is 4. The average molecular weight is 643 g/mol. The lowest BCUT2D eigenvalue weighted by molar-refractivity contribution is -0.130. The minimum Gasteiger partial charge on any atom is -0.467 e. The van der Waals surface area contributed by atoms with E-state index in [0.717, 1.165) is 63.1 Å². The van der Waals surface area contributed by atoms with Crippen molar-refractivity contribution >= 4 is 56.5 Å². The number of hydrogen-bond donors (Lipinski definition) is 0. The molecule has 0 spiro atoms. The predicted molar refractivity (Wildman–Crippen MR) is 178 cm³/mol. The number of thiophene rings is 1. The van der Waals surface area contributed by atoms with Gasteiger partial charge in [-0.25, -0.2) is 9.99 Å². The molecular formula is C34H31ClN4O3S2. The maximum atomic E-state index is 14.3. The first-order valence-corrected chi connectivity index (χ1v) is 16.9. The van der Waals surface area contributed by atoms with Crippen LogP contribution in [0.3, 0.4) is 0 Å². The molecular weight excluding hydrogens is 612 g/mol. The summed E-state index contributed by atoms with van der Waals surface area (Å²) in [6, 6.07) is 16.9. The van der Waals surface area contributed by atoms with Crippen molar-refractivity contribution in [1.82, 2.24) is 14.6 Å². The molecule has 7 nitrogen and oxygen atoms in total. The number of halogens is 1. The maximum Gasteiger partial charge on any atom is 0.267 e. The molecule has 4 heterocycles. The van der Waals surface area contributed by atoms with Gasteiger partial charge in [0.25, 0.3) is 11.5 Å². The van der Waals surface area contributed by atoms with Crippen molar-refractivity contribution in [1.29, 1.82) is 0 Å². The van der Waals surface area contributed by atoms with Gasteiger partial charge in [-0.2, -0.15) is 5.10 Å². The zero-order chi connectivity index (χ0) is 30.5. The number of carbonyl (C=O) groups excluding carboxylic acids is 1. The third-order valence-corrected chi connectivity index (χ3v) is 10.8. The topological polar surface area (TPSA) is 80.7 Å². The van der Waals surface area contributed by atoms with Crippen LogP contribution in [0.1, 0.15) is 58.7 Å². The molecule has 7 rings (SSSR count). The normalized spacial score (nSPS) is 18.1. The standard InChI is InChI=1S/C34H31ClN4O3S2/c1-19-6-8-21(3)26(15-19)38-33(41)31-24-13-7-20(2)16-29(24)44-32(31)36-34(38)43-18-30(40)39-27(28-5-4-14-42-28)17-25(37-39)22-9-11-23(35)12-10-22/h4-6,8-12,14-15,20,27H,7,13,16-18H2,1-3H3. The smallest absolute Gasteiger partial charge is 0.267 e. The van der Waals surface area contributed by atoms with Crippen LogP contribution in [0.15, 0.2) is 80.3 Å². The molecule has 2 aliphatic rings. The lowest BCUT2D eigenvalue weighted by atomic mass is 9.89. The number of hydrazone groups is 1. The molecule has 0 saturated carbocycles. The van der Waals surface area contributed by atoms with E-state index in [2.05, 4.69) is 6.92 Å². The Labute approximate surface area is 268 Å². The van der Waals surface area contributed by atoms with Gasteiger partial charge in [0.05, 0.1) is 28.8 Å². The number of amides is 1. The number of aryl methyl sites for hydroxylation is 3. The van der Waals surface area contributed by atoms with Gasteiger partial charge in [-0.1, -0.05) is 54.6 Å². The molecule has 1 aliphatic heterocycles. The number of carbonyl (C=O) groups is 1. The molecule has 3 aromatic heterocycles. The van der Waals surface area contributed by atoms with Crippen molar-refractivity contribution in [2.75, 3.05) is 5.75 Å². The first kappa shape index (κ1) is 29.1. The summed E-state index contributed by atoms with van der Waals surface area (Å²) in [4.78, 5) is 35.3. The molecule has 0 radical (unpaired) electrons. The lowest BCUT2D eigenvalue weighted by Gasteiger charge is -2.20. The van der Waals surface area contributed by atoms with Crippen LogP contribution in [0.2, 0.25) is 5.02 Å². The van der Waals surface area contributed by atoms with E-state index in [4.69, 9.17) is 26.1 Å². The van der Waals surface area contributed by atoms with Gasteiger partial charge in [-0.05, 0) is 91.6 Å². The number of benzene rings is 2. The molecule has 1 amide bonds. The molecule has 0 bridgehead atoms. The van der Waals surface area contributed by atoms with Crippen molar-refractivity contribution < 1.29 is 9.21 Å². The van der Waals surface area contributed by atoms with E-state index in [0.29, 0.717) is 28.3 Å². The predicted octanol–water partition coefficient (Wildman–Crippen LogP) is 7.91. The second-order valence-electron chi connectivity index (χ2n) is 11.7. The highest BCUT2D eigenvalue weighted by Crippen LogP contribution is 2.38. The molecule has 0 fully saturated rings. The summed E-state index contributed by atoms with van der Waals surface area (Å²) >= 11 is 9.01. The second kappa shape index (κ2) is 11.7. The van der Waals surface area contributed by atoms with Crippen LogP contribution in [-0.4, -0.2) is 31.9 Å². The Morgan fingerprint density at radius 2 is 1.95 bits per heavy atom. The van der Waals surface area contributed by atoms with E-state index in [1.165, 1.54) is 21.6 Å². The fraction of sp³-hybridized carbons (Fsp3) is 0.294. The van der Waals surface area contributed by atoms with Crippen LogP contribution in [0.25, 0.3) is 15.9 Å². The van der Waals surface area contributed by atoms with Crippen LogP contribution in [0.5, 0.6) is 0 Å². The van der Waals surface area contributed by atoms with Gasteiger partial charge in [-0.3, -0.25) is 14.2 Å². The highest BCUT2D eigenvalue weighted by molar-refractivity contribution is 7.99. The number of furan rings is 1. The van der Waals surface area contributed by atoms with Crippen LogP contribution in [0.4, 0.5) is 0 Å². The molecule has 5 aromatic rings. The van der Waals surface area contributed by atoms with E-state index in [9.17, 15) is 9.59 Å². The zero-order valence-electron chi connectivity index (χ0n) is 24.7. The van der Waals surface area contributed by atoms with Crippen molar-refractivity contribution in [2.45, 2.75) is 57.7 Å². The third kappa shape index (κ3) is 5.31. The van der Waals surface area contributed by atoms with E-state index >= 15 is 0 Å². The lowest BCUT2D eigenvalue weighted by Crippen LogP contribution is -2.29. The summed E-state index contributed by atoms with van der Waals surface area (Å²) in [7, 11) is 0. The summed E-state index contributed by atoms with van der Waals surface area (Å²) in [6.07, 6.45) is 5.05. The number of hydrogen-bond acceptors (Lipinski definition) is 7. The maximum absolute atomic E-state index is 14.3. The van der Waals surface area contributed by atoms with Crippen LogP contribution in [-0.2, 0) is 17.6 Å². The second-order valence-corrected chi connectivity index (χ2v) is 14.1. The van der Waals surface area contributed by atoms with Crippen molar-refractivity contribution in [3.8, 4) is 5.69 Å². The molecule has 2 atom stereocenters. The van der Waals surface area contributed by atoms with E-state index < -0.39 is 0 Å². The SMILES string of the molecule is Cc1ccc(C)c(-n2c(SCC(=O)N3N=C(c4ccc(Cl)cc4)CC3c3ccco3)nc3sc4c(c3c2=O)CCC(C)C4)c1. The Bertz CT molecular complexity index is 1980. The Kier molecular flexibility index (Phi) is 7.72. The quantitative estimate of drug-likeness (QED) is 0.139. The van der Waals surface area contributed by atoms with Gasteiger partial charge in [0.2, 0.25) is 0 Å². The molecule has 2 aromatic carbocycles. The minimum absolute atomic E-state index is 0.0551. The average Bonchev–Trinajstić information content (AvgIpc) is 3.76. The first-order valence-electron chi connectivity index (χ1n) is 14.7. The summed E-state index contributed by atoms with van der Waals surface area (Å²) in [5.74, 6) is 1.12. The summed E-state index contributed by atoms with van der Waals surface area (Å²) in [5, 5.41) is 8.14. The van der Waals surface area contributed by atoms with Gasteiger partial charge in [0.1, 0.15) is 16.6 Å². The third-order valence-electron chi connectivity index (χ3n) is 8.44. The highest BCUT2D eigenvalue weighted by atomic mass is 35.5. The number of rotatable bonds is 6. The first-order chi connectivity index (χ1) is 21.3. The Balaban J connectivity index is 1.27. The van der Waals surface area contributed by atoms with Gasteiger partial charge in [0.15, 0.2) is 5.16 Å². The molecule has 0 saturated heterocycles. The fourth-order valence-electron chi connectivity index (χ4n) is 6.09. The Hall–Kier alpha value is -3.66. The minimum atomic E-state index is -0.369. The van der Waals surface area contributed by atoms with E-state index in [1.807, 2.05) is 68.4 Å². The summed E-state index contributed by atoms with van der Waals surface area (Å²) in [6.45, 7) is 6.28. The fourth-order valence-corrected chi connectivity index (χ4v) is 8.50. The van der Waals surface area contributed by atoms with Gasteiger partial charge in [-0.15, -0.1) is 11.3 Å². The van der Waals surface area contributed by atoms with Crippen molar-refractivity contribution in [3.63, 3.8) is 0 Å². The molecule has 10 heteroatoms. The molecule has 1 aliphatic carbocycles. The molecule has 0 N–H and O–H groups in total. The van der Waals surface area contributed by atoms with Crippen LogP contribution in [0, 0.1) is 19.8 Å². The monoisotopic (exact) mass is 642 g/mol. The van der Waals surface area contributed by atoms with Crippen molar-refractivity contribution in [3.05, 3.63) is 109 Å². The van der Waals surface area contributed by atoms with Gasteiger partial charge in [0, 0.05) is 16.3 Å². The van der Waals surface area contributed by atoms with Gasteiger partial charge < -0.3 is 4.42 Å². The van der Waals surface area contributed by atoms with Gasteiger partial charge >= 0.3 is 0 Å². The Morgan fingerprint density at radius 3 is 2.73 bits per heavy atom. The van der Waals surface area contributed by atoms with Crippen LogP contribution >= 0.6 is 34.7 Å². The van der Waals surface area contributed by atoms with Crippen molar-refractivity contribution in [2.24, 2.45) is 11.0 Å². The Morgan fingerprint density at radius 1 is 1.14 bits per heavy atom. The summed E-state index contributed by atoms with van der Waals surface area (Å²) < 4.78 is 7.44. The number of aromatic nitrogens is 2. The largest absolute Gasteiger partial charge is 0.467 e. The highest BCUT2D eigenvalue weighted by Gasteiger charge is 2.35. The zero-order valence-corrected chi connectivity index (χ0v) is 27.1. The number of fused-ring (bicyclic) bond motifs is 3. The van der Waals surface area contributed by atoms with E-state index in [1.54, 1.807) is 22.2 Å².